The van der Waals surface area contributed by atoms with E-state index >= 15 is 0 Å². The van der Waals surface area contributed by atoms with Crippen molar-refractivity contribution in [2.75, 3.05) is 13.6 Å². The Morgan fingerprint density at radius 2 is 2.32 bits per heavy atom. The largest absolute Gasteiger partial charge is 0.443 e. The maximum atomic E-state index is 5.51. The minimum Gasteiger partial charge on any atom is -0.443 e. The quantitative estimate of drug-likeness (QED) is 0.494. The number of nitrogens with one attached hydrogen (secondary N) is 2. The van der Waals surface area contributed by atoms with Crippen LogP contribution in [0.5, 0.6) is 0 Å². The summed E-state index contributed by atoms with van der Waals surface area (Å²) in [4.78, 5) is 9.72. The van der Waals surface area contributed by atoms with Crippen LogP contribution in [0.3, 0.4) is 0 Å². The summed E-state index contributed by atoms with van der Waals surface area (Å²) in [5.41, 5.74) is 0.832. The van der Waals surface area contributed by atoms with Crippen molar-refractivity contribution in [2.24, 2.45) is 4.99 Å². The van der Waals surface area contributed by atoms with Crippen molar-refractivity contribution in [3.05, 3.63) is 41.6 Å². The molecule has 9 heteroatoms. The molecule has 3 rings (SSSR count). The SMILES string of the molecule is CCc1nncn1CCNC(=NC)NCc1coc(-c2cccs2)n1. The van der Waals surface area contributed by atoms with Crippen LogP contribution in [-0.4, -0.2) is 39.3 Å². The summed E-state index contributed by atoms with van der Waals surface area (Å²) in [5, 5.41) is 16.5. The zero-order chi connectivity index (χ0) is 17.5. The number of aliphatic imine (C=N–C) groups is 1. The molecule has 0 aromatic carbocycles. The van der Waals surface area contributed by atoms with E-state index in [1.54, 1.807) is 31.0 Å². The normalized spacial score (nSPS) is 11.7. The maximum absolute atomic E-state index is 5.51. The third-order valence-corrected chi connectivity index (χ3v) is 4.46. The van der Waals surface area contributed by atoms with Gasteiger partial charge in [0.2, 0.25) is 5.89 Å². The molecule has 0 atom stereocenters. The molecule has 8 nitrogen and oxygen atoms in total. The second-order valence-electron chi connectivity index (χ2n) is 5.27. The van der Waals surface area contributed by atoms with Gasteiger partial charge in [-0.25, -0.2) is 4.98 Å². The van der Waals surface area contributed by atoms with Crippen LogP contribution in [0, 0.1) is 0 Å². The second-order valence-corrected chi connectivity index (χ2v) is 6.22. The Balaban J connectivity index is 1.46. The van der Waals surface area contributed by atoms with Crippen LogP contribution in [-0.2, 0) is 19.5 Å². The molecule has 3 heterocycles. The van der Waals surface area contributed by atoms with Crippen molar-refractivity contribution >= 4 is 17.3 Å². The van der Waals surface area contributed by atoms with E-state index in [0.29, 0.717) is 18.4 Å². The molecule has 0 aliphatic carbocycles. The number of hydrogen-bond donors (Lipinski definition) is 2. The van der Waals surface area contributed by atoms with Crippen LogP contribution < -0.4 is 10.6 Å². The Hall–Kier alpha value is -2.68. The lowest BCUT2D eigenvalue weighted by Crippen LogP contribution is -2.38. The first-order valence-corrected chi connectivity index (χ1v) is 8.97. The predicted molar refractivity (Wildman–Crippen MR) is 97.4 cm³/mol. The molecule has 25 heavy (non-hydrogen) atoms. The van der Waals surface area contributed by atoms with Gasteiger partial charge in [-0.05, 0) is 11.4 Å². The van der Waals surface area contributed by atoms with Crippen molar-refractivity contribution in [3.8, 4) is 10.8 Å². The Labute approximate surface area is 150 Å². The topological polar surface area (TPSA) is 93.2 Å². The first kappa shape index (κ1) is 17.2. The Bertz CT molecular complexity index is 806. The molecule has 0 bridgehead atoms. The van der Waals surface area contributed by atoms with Gasteiger partial charge in [0.05, 0.1) is 17.1 Å². The molecule has 3 aromatic rings. The number of guanidine groups is 1. The summed E-state index contributed by atoms with van der Waals surface area (Å²) < 4.78 is 7.55. The molecule has 0 aliphatic heterocycles. The van der Waals surface area contributed by atoms with Crippen molar-refractivity contribution in [2.45, 2.75) is 26.4 Å². The van der Waals surface area contributed by atoms with Crippen LogP contribution in [0.2, 0.25) is 0 Å². The van der Waals surface area contributed by atoms with Gasteiger partial charge < -0.3 is 19.6 Å². The first-order chi connectivity index (χ1) is 12.3. The fourth-order valence-electron chi connectivity index (χ4n) is 2.33. The van der Waals surface area contributed by atoms with Crippen LogP contribution in [0.4, 0.5) is 0 Å². The molecule has 0 saturated heterocycles. The van der Waals surface area contributed by atoms with E-state index in [4.69, 9.17) is 4.42 Å². The van der Waals surface area contributed by atoms with Gasteiger partial charge in [0.25, 0.3) is 0 Å². The van der Waals surface area contributed by atoms with Crippen molar-refractivity contribution in [3.63, 3.8) is 0 Å². The molecule has 0 aliphatic rings. The van der Waals surface area contributed by atoms with E-state index in [9.17, 15) is 0 Å². The van der Waals surface area contributed by atoms with E-state index < -0.39 is 0 Å². The van der Waals surface area contributed by atoms with Crippen LogP contribution in [0.15, 0.2) is 39.5 Å². The molecule has 0 unspecified atom stereocenters. The number of aryl methyl sites for hydroxylation is 1. The highest BCUT2D eigenvalue weighted by Gasteiger charge is 2.08. The zero-order valence-corrected chi connectivity index (χ0v) is 15.1. The van der Waals surface area contributed by atoms with E-state index in [1.165, 1.54) is 0 Å². The number of nitrogens with zero attached hydrogens (tertiary/aromatic N) is 5. The standard InChI is InChI=1S/C16H21N7OS/c1-3-14-22-20-11-23(14)7-6-18-16(17-2)19-9-12-10-24-15(21-12)13-5-4-8-25-13/h4-5,8,10-11H,3,6-7,9H2,1-2H3,(H2,17,18,19). The summed E-state index contributed by atoms with van der Waals surface area (Å²) in [7, 11) is 1.74. The molecular formula is C16H21N7OS. The third kappa shape index (κ3) is 4.44. The van der Waals surface area contributed by atoms with Gasteiger partial charge in [0.15, 0.2) is 5.96 Å². The fourth-order valence-corrected chi connectivity index (χ4v) is 2.99. The average Bonchev–Trinajstić information content (AvgIpc) is 3.38. The number of aromatic nitrogens is 4. The van der Waals surface area contributed by atoms with E-state index in [2.05, 4.69) is 37.7 Å². The van der Waals surface area contributed by atoms with E-state index in [-0.39, 0.29) is 0 Å². The molecular weight excluding hydrogens is 338 g/mol. The second kappa shape index (κ2) is 8.43. The minimum absolute atomic E-state index is 0.543. The third-order valence-electron chi connectivity index (χ3n) is 3.60. The van der Waals surface area contributed by atoms with Crippen molar-refractivity contribution in [1.82, 2.24) is 30.4 Å². The number of hydrogen-bond acceptors (Lipinski definition) is 6. The van der Waals surface area contributed by atoms with Gasteiger partial charge in [-0.2, -0.15) is 0 Å². The molecule has 3 aromatic heterocycles. The van der Waals surface area contributed by atoms with Gasteiger partial charge in [-0.1, -0.05) is 13.0 Å². The smallest absolute Gasteiger partial charge is 0.236 e. The van der Waals surface area contributed by atoms with Crippen LogP contribution in [0.25, 0.3) is 10.8 Å². The monoisotopic (exact) mass is 359 g/mol. The van der Waals surface area contributed by atoms with Crippen LogP contribution >= 0.6 is 11.3 Å². The molecule has 0 spiro atoms. The Kier molecular flexibility index (Phi) is 5.78. The van der Waals surface area contributed by atoms with Gasteiger partial charge in [0.1, 0.15) is 18.4 Å². The maximum Gasteiger partial charge on any atom is 0.236 e. The predicted octanol–water partition coefficient (Wildman–Crippen LogP) is 1.92. The highest BCUT2D eigenvalue weighted by atomic mass is 32.1. The summed E-state index contributed by atoms with van der Waals surface area (Å²) >= 11 is 1.61. The fraction of sp³-hybridized carbons (Fsp3) is 0.375. The van der Waals surface area contributed by atoms with E-state index in [1.807, 2.05) is 22.1 Å². The summed E-state index contributed by atoms with van der Waals surface area (Å²) in [6.07, 6.45) is 4.28. The highest BCUT2D eigenvalue weighted by Crippen LogP contribution is 2.23. The van der Waals surface area contributed by atoms with E-state index in [0.717, 1.165) is 35.9 Å². The van der Waals surface area contributed by atoms with Gasteiger partial charge >= 0.3 is 0 Å². The molecule has 0 amide bonds. The zero-order valence-electron chi connectivity index (χ0n) is 14.3. The van der Waals surface area contributed by atoms with Crippen molar-refractivity contribution < 1.29 is 4.42 Å². The lowest BCUT2D eigenvalue weighted by Gasteiger charge is -2.11. The molecule has 0 saturated carbocycles. The number of thiophene rings is 1. The number of oxazole rings is 1. The van der Waals surface area contributed by atoms with Gasteiger partial charge in [0, 0.05) is 26.6 Å². The Morgan fingerprint density at radius 1 is 1.40 bits per heavy atom. The van der Waals surface area contributed by atoms with Gasteiger partial charge in [-0.3, -0.25) is 4.99 Å². The van der Waals surface area contributed by atoms with Crippen LogP contribution in [0.1, 0.15) is 18.4 Å². The lowest BCUT2D eigenvalue weighted by atomic mass is 10.4. The van der Waals surface area contributed by atoms with Gasteiger partial charge in [-0.15, -0.1) is 21.5 Å². The summed E-state index contributed by atoms with van der Waals surface area (Å²) in [5.74, 6) is 2.34. The molecule has 0 radical (unpaired) electrons. The molecule has 2 N–H and O–H groups in total. The Morgan fingerprint density at radius 3 is 3.08 bits per heavy atom. The first-order valence-electron chi connectivity index (χ1n) is 8.09. The average molecular weight is 359 g/mol. The number of rotatable bonds is 7. The highest BCUT2D eigenvalue weighted by molar-refractivity contribution is 7.13. The molecule has 0 fully saturated rings. The minimum atomic E-state index is 0.543. The molecule has 132 valence electrons. The van der Waals surface area contributed by atoms with Crippen molar-refractivity contribution in [1.29, 1.82) is 0 Å². The summed E-state index contributed by atoms with van der Waals surface area (Å²) in [6.45, 7) is 4.12. The lowest BCUT2D eigenvalue weighted by molar-refractivity contribution is 0.573. The summed E-state index contributed by atoms with van der Waals surface area (Å²) in [6, 6.07) is 3.97.